The zero-order chi connectivity index (χ0) is 15.1. The van der Waals surface area contributed by atoms with Crippen molar-refractivity contribution >= 4 is 11.8 Å². The number of aryl methyl sites for hydroxylation is 1. The maximum atomic E-state index is 6.42. The lowest BCUT2D eigenvalue weighted by atomic mass is 9.96. The fourth-order valence-corrected chi connectivity index (χ4v) is 3.67. The summed E-state index contributed by atoms with van der Waals surface area (Å²) in [7, 11) is 0. The second kappa shape index (κ2) is 5.25. The Balaban J connectivity index is 1.64. The van der Waals surface area contributed by atoms with Gasteiger partial charge in [-0.25, -0.2) is 4.98 Å². The highest BCUT2D eigenvalue weighted by Crippen LogP contribution is 2.33. The minimum Gasteiger partial charge on any atom is -0.368 e. The van der Waals surface area contributed by atoms with Crippen molar-refractivity contribution in [3.63, 3.8) is 0 Å². The van der Waals surface area contributed by atoms with Gasteiger partial charge in [-0.1, -0.05) is 24.3 Å². The molecule has 1 aromatic heterocycles. The molecule has 0 aliphatic heterocycles. The van der Waals surface area contributed by atoms with E-state index in [1.807, 2.05) is 6.07 Å². The standard InChI is InChI=1S/C17H21N5/c18-15-11-6-2-1-5-10(11)9-14(15)20-16-12-7-3-4-8-13(12)21-17(19)22-16/h1-2,5-6,14-15H,3-4,7-9,18H2,(H3,19,20,21,22)/t14-,15-/m0/s1. The van der Waals surface area contributed by atoms with E-state index >= 15 is 0 Å². The lowest BCUT2D eigenvalue weighted by Crippen LogP contribution is -2.31. The highest BCUT2D eigenvalue weighted by atomic mass is 15.1. The van der Waals surface area contributed by atoms with Crippen molar-refractivity contribution in [2.24, 2.45) is 5.73 Å². The number of rotatable bonds is 2. The van der Waals surface area contributed by atoms with Crippen molar-refractivity contribution in [1.29, 1.82) is 0 Å². The molecule has 2 atom stereocenters. The van der Waals surface area contributed by atoms with Crippen molar-refractivity contribution in [3.8, 4) is 0 Å². The number of nitrogens with one attached hydrogen (secondary N) is 1. The van der Waals surface area contributed by atoms with Gasteiger partial charge in [-0.2, -0.15) is 4.98 Å². The molecule has 0 fully saturated rings. The Kier molecular flexibility index (Phi) is 3.22. The van der Waals surface area contributed by atoms with Crippen LogP contribution >= 0.6 is 0 Å². The zero-order valence-corrected chi connectivity index (χ0v) is 12.5. The number of nitrogens with two attached hydrogens (primary N) is 2. The predicted molar refractivity (Wildman–Crippen MR) is 87.6 cm³/mol. The number of nitrogen functional groups attached to an aromatic ring is 1. The maximum absolute atomic E-state index is 6.42. The average molecular weight is 295 g/mol. The average Bonchev–Trinajstić information content (AvgIpc) is 2.84. The fraction of sp³-hybridized carbons (Fsp3) is 0.412. The molecule has 0 saturated carbocycles. The van der Waals surface area contributed by atoms with Gasteiger partial charge in [-0.15, -0.1) is 0 Å². The third kappa shape index (κ3) is 2.22. The molecule has 0 bridgehead atoms. The summed E-state index contributed by atoms with van der Waals surface area (Å²) in [6.45, 7) is 0. The molecule has 2 aromatic rings. The van der Waals surface area contributed by atoms with Crippen molar-refractivity contribution < 1.29 is 0 Å². The van der Waals surface area contributed by atoms with E-state index in [1.54, 1.807) is 0 Å². The first-order valence-electron chi connectivity index (χ1n) is 7.97. The van der Waals surface area contributed by atoms with Gasteiger partial charge in [0.25, 0.3) is 0 Å². The Bertz CT molecular complexity index is 712. The number of anilines is 2. The summed E-state index contributed by atoms with van der Waals surface area (Å²) in [5.41, 5.74) is 17.2. The quantitative estimate of drug-likeness (QED) is 0.788. The Morgan fingerprint density at radius 1 is 1.09 bits per heavy atom. The molecule has 22 heavy (non-hydrogen) atoms. The van der Waals surface area contributed by atoms with E-state index in [2.05, 4.69) is 33.5 Å². The Morgan fingerprint density at radius 2 is 1.91 bits per heavy atom. The third-order valence-electron chi connectivity index (χ3n) is 4.81. The van der Waals surface area contributed by atoms with Crippen molar-refractivity contribution in [1.82, 2.24) is 9.97 Å². The van der Waals surface area contributed by atoms with E-state index in [4.69, 9.17) is 11.5 Å². The molecule has 5 nitrogen and oxygen atoms in total. The van der Waals surface area contributed by atoms with Gasteiger partial charge < -0.3 is 16.8 Å². The van der Waals surface area contributed by atoms with Crippen LogP contribution in [0.1, 0.15) is 41.3 Å². The van der Waals surface area contributed by atoms with Crippen LogP contribution in [0.2, 0.25) is 0 Å². The Morgan fingerprint density at radius 3 is 2.77 bits per heavy atom. The van der Waals surface area contributed by atoms with Crippen LogP contribution in [0.4, 0.5) is 11.8 Å². The molecule has 114 valence electrons. The number of benzene rings is 1. The van der Waals surface area contributed by atoms with Crippen LogP contribution in [0.15, 0.2) is 24.3 Å². The van der Waals surface area contributed by atoms with Crippen LogP contribution in [0.5, 0.6) is 0 Å². The first-order valence-corrected chi connectivity index (χ1v) is 7.97. The van der Waals surface area contributed by atoms with E-state index in [0.29, 0.717) is 5.95 Å². The molecule has 2 aliphatic carbocycles. The Labute approximate surface area is 130 Å². The van der Waals surface area contributed by atoms with Gasteiger partial charge in [0.2, 0.25) is 5.95 Å². The molecule has 0 radical (unpaired) electrons. The van der Waals surface area contributed by atoms with Crippen LogP contribution in [-0.2, 0) is 19.3 Å². The summed E-state index contributed by atoms with van der Waals surface area (Å²) < 4.78 is 0. The summed E-state index contributed by atoms with van der Waals surface area (Å²) in [6.07, 6.45) is 5.31. The van der Waals surface area contributed by atoms with E-state index in [0.717, 1.165) is 30.8 Å². The zero-order valence-electron chi connectivity index (χ0n) is 12.5. The minimum absolute atomic E-state index is 0.00775. The second-order valence-electron chi connectivity index (χ2n) is 6.24. The van der Waals surface area contributed by atoms with E-state index < -0.39 is 0 Å². The summed E-state index contributed by atoms with van der Waals surface area (Å²) in [5, 5.41) is 3.55. The number of fused-ring (bicyclic) bond motifs is 2. The molecule has 0 amide bonds. The smallest absolute Gasteiger partial charge is 0.222 e. The van der Waals surface area contributed by atoms with Crippen LogP contribution in [-0.4, -0.2) is 16.0 Å². The van der Waals surface area contributed by atoms with Gasteiger partial charge in [0.15, 0.2) is 0 Å². The summed E-state index contributed by atoms with van der Waals surface area (Å²) in [5.74, 6) is 1.24. The van der Waals surface area contributed by atoms with E-state index in [-0.39, 0.29) is 12.1 Å². The van der Waals surface area contributed by atoms with Gasteiger partial charge in [-0.3, -0.25) is 0 Å². The van der Waals surface area contributed by atoms with Crippen LogP contribution in [0.25, 0.3) is 0 Å². The monoisotopic (exact) mass is 295 g/mol. The summed E-state index contributed by atoms with van der Waals surface area (Å²) in [6, 6.07) is 8.54. The molecule has 2 aliphatic rings. The van der Waals surface area contributed by atoms with Crippen molar-refractivity contribution in [2.75, 3.05) is 11.1 Å². The summed E-state index contributed by atoms with van der Waals surface area (Å²) in [4.78, 5) is 8.85. The van der Waals surface area contributed by atoms with Crippen molar-refractivity contribution in [2.45, 2.75) is 44.2 Å². The molecule has 5 heteroatoms. The molecule has 5 N–H and O–H groups in total. The maximum Gasteiger partial charge on any atom is 0.222 e. The van der Waals surface area contributed by atoms with Gasteiger partial charge in [0, 0.05) is 5.56 Å². The second-order valence-corrected chi connectivity index (χ2v) is 6.24. The number of hydrogen-bond acceptors (Lipinski definition) is 5. The molecule has 4 rings (SSSR count). The molecule has 0 saturated heterocycles. The predicted octanol–water partition coefficient (Wildman–Crippen LogP) is 1.97. The van der Waals surface area contributed by atoms with Gasteiger partial charge >= 0.3 is 0 Å². The van der Waals surface area contributed by atoms with E-state index in [1.165, 1.54) is 29.5 Å². The lowest BCUT2D eigenvalue weighted by Gasteiger charge is -2.23. The molecule has 1 aromatic carbocycles. The highest BCUT2D eigenvalue weighted by molar-refractivity contribution is 5.53. The third-order valence-corrected chi connectivity index (χ3v) is 4.81. The fourth-order valence-electron chi connectivity index (χ4n) is 3.67. The molecule has 1 heterocycles. The molecule has 0 spiro atoms. The SMILES string of the molecule is Nc1nc2c(c(N[C@H]3Cc4ccccc4[C@@H]3N)n1)CCCC2. The summed E-state index contributed by atoms with van der Waals surface area (Å²) >= 11 is 0. The molecular formula is C17H21N5. The minimum atomic E-state index is -0.00775. The molecular weight excluding hydrogens is 274 g/mol. The molecule has 0 unspecified atom stereocenters. The first-order chi connectivity index (χ1) is 10.7. The van der Waals surface area contributed by atoms with Crippen molar-refractivity contribution in [3.05, 3.63) is 46.6 Å². The lowest BCUT2D eigenvalue weighted by molar-refractivity contribution is 0.619. The van der Waals surface area contributed by atoms with Gasteiger partial charge in [0.05, 0.1) is 17.8 Å². The topological polar surface area (TPSA) is 89.8 Å². The number of nitrogens with zero attached hydrogens (tertiary/aromatic N) is 2. The van der Waals surface area contributed by atoms with Gasteiger partial charge in [-0.05, 0) is 43.2 Å². The van der Waals surface area contributed by atoms with Crippen LogP contribution in [0.3, 0.4) is 0 Å². The Hall–Kier alpha value is -2.14. The first kappa shape index (κ1) is 13.5. The number of hydrogen-bond donors (Lipinski definition) is 3. The largest absolute Gasteiger partial charge is 0.368 e. The van der Waals surface area contributed by atoms with E-state index in [9.17, 15) is 0 Å². The van der Waals surface area contributed by atoms with Gasteiger partial charge in [0.1, 0.15) is 5.82 Å². The van der Waals surface area contributed by atoms with Crippen LogP contribution < -0.4 is 16.8 Å². The normalized spacial score (nSPS) is 23.0. The number of aromatic nitrogens is 2. The highest BCUT2D eigenvalue weighted by Gasteiger charge is 2.30. The van der Waals surface area contributed by atoms with Crippen LogP contribution in [0, 0.1) is 0 Å².